The van der Waals surface area contributed by atoms with Crippen LogP contribution in [0.15, 0.2) is 18.3 Å². The fourth-order valence-electron chi connectivity index (χ4n) is 1.84. The quantitative estimate of drug-likeness (QED) is 0.650. The predicted octanol–water partition coefficient (Wildman–Crippen LogP) is 3.48. The zero-order chi connectivity index (χ0) is 15.4. The number of carbonyl (C=O) groups excluding carboxylic acids is 1. The average molecular weight is 326 g/mol. The number of esters is 1. The Morgan fingerprint density at radius 2 is 2.29 bits per heavy atom. The van der Waals surface area contributed by atoms with Crippen LogP contribution >= 0.6 is 22.9 Å². The van der Waals surface area contributed by atoms with E-state index in [1.165, 1.54) is 0 Å². The number of hydrogen-bond acceptors (Lipinski definition) is 6. The van der Waals surface area contributed by atoms with Crippen molar-refractivity contribution < 1.29 is 9.53 Å². The van der Waals surface area contributed by atoms with Crippen LogP contribution < -0.4 is 11.1 Å². The number of aryl methyl sites for hydroxylation is 1. The minimum absolute atomic E-state index is 0.290. The van der Waals surface area contributed by atoms with E-state index in [2.05, 4.69) is 10.3 Å². The third kappa shape index (κ3) is 3.86. The summed E-state index contributed by atoms with van der Waals surface area (Å²) in [5.74, 6) is -0.449. The van der Waals surface area contributed by atoms with Crippen molar-refractivity contribution in [3.63, 3.8) is 0 Å². The molecular weight excluding hydrogens is 310 g/mol. The van der Waals surface area contributed by atoms with E-state index < -0.39 is 5.97 Å². The highest BCUT2D eigenvalue weighted by atomic mass is 35.5. The molecule has 0 radical (unpaired) electrons. The Morgan fingerprint density at radius 3 is 2.90 bits per heavy atom. The molecule has 21 heavy (non-hydrogen) atoms. The SMILES string of the molecule is CCOC(=O)c1cc(N)cc(Cl)c1NCc1cnc(C)s1. The molecule has 0 aliphatic carbocycles. The molecular formula is C14H16ClN3O2S. The van der Waals surface area contributed by atoms with E-state index in [0.29, 0.717) is 35.1 Å². The van der Waals surface area contributed by atoms with Crippen molar-refractivity contribution in [2.75, 3.05) is 17.7 Å². The third-order valence-electron chi connectivity index (χ3n) is 2.72. The number of nitrogen functional groups attached to an aromatic ring is 1. The predicted molar refractivity (Wildman–Crippen MR) is 86.0 cm³/mol. The molecule has 0 spiro atoms. The Balaban J connectivity index is 2.26. The standard InChI is InChI=1S/C14H16ClN3O2S/c1-3-20-14(19)11-4-9(16)5-12(15)13(11)18-7-10-6-17-8(2)21-10/h4-6,18H,3,7,16H2,1-2H3. The van der Waals surface area contributed by atoms with E-state index in [-0.39, 0.29) is 0 Å². The van der Waals surface area contributed by atoms with Gasteiger partial charge in [0, 0.05) is 16.8 Å². The Hall–Kier alpha value is -1.79. The molecule has 0 saturated carbocycles. The largest absolute Gasteiger partial charge is 0.462 e. The number of anilines is 2. The normalized spacial score (nSPS) is 10.4. The lowest BCUT2D eigenvalue weighted by Gasteiger charge is -2.13. The van der Waals surface area contributed by atoms with Gasteiger partial charge >= 0.3 is 5.97 Å². The van der Waals surface area contributed by atoms with E-state index in [9.17, 15) is 4.79 Å². The number of halogens is 1. The molecule has 0 saturated heterocycles. The second-order valence-electron chi connectivity index (χ2n) is 4.34. The maximum Gasteiger partial charge on any atom is 0.340 e. The van der Waals surface area contributed by atoms with E-state index in [4.69, 9.17) is 22.1 Å². The molecule has 1 aromatic heterocycles. The second kappa shape index (κ2) is 6.78. The van der Waals surface area contributed by atoms with Crippen molar-refractivity contribution in [3.05, 3.63) is 38.8 Å². The second-order valence-corrected chi connectivity index (χ2v) is 6.07. The van der Waals surface area contributed by atoms with Gasteiger partial charge in [0.25, 0.3) is 0 Å². The van der Waals surface area contributed by atoms with Crippen LogP contribution in [0, 0.1) is 6.92 Å². The summed E-state index contributed by atoms with van der Waals surface area (Å²) in [6.07, 6.45) is 1.79. The molecule has 0 aliphatic rings. The fraction of sp³-hybridized carbons (Fsp3) is 0.286. The van der Waals surface area contributed by atoms with Crippen molar-refractivity contribution >= 4 is 40.3 Å². The lowest BCUT2D eigenvalue weighted by molar-refractivity contribution is 0.0527. The molecule has 0 amide bonds. The highest BCUT2D eigenvalue weighted by molar-refractivity contribution is 7.11. The number of nitrogens with zero attached hydrogens (tertiary/aromatic N) is 1. The van der Waals surface area contributed by atoms with Gasteiger partial charge < -0.3 is 15.8 Å². The third-order valence-corrected chi connectivity index (χ3v) is 3.93. The molecule has 0 fully saturated rings. The van der Waals surface area contributed by atoms with Crippen LogP contribution in [-0.4, -0.2) is 17.6 Å². The topological polar surface area (TPSA) is 77.2 Å². The first kappa shape index (κ1) is 15.6. The Labute approximate surface area is 132 Å². The maximum atomic E-state index is 12.0. The van der Waals surface area contributed by atoms with E-state index in [1.807, 2.05) is 6.92 Å². The van der Waals surface area contributed by atoms with Crippen LogP contribution in [0.3, 0.4) is 0 Å². The number of hydrogen-bond donors (Lipinski definition) is 2. The van der Waals surface area contributed by atoms with Gasteiger partial charge in [-0.15, -0.1) is 11.3 Å². The van der Waals surface area contributed by atoms with Crippen molar-refractivity contribution in [2.45, 2.75) is 20.4 Å². The highest BCUT2D eigenvalue weighted by Crippen LogP contribution is 2.30. The summed E-state index contributed by atoms with van der Waals surface area (Å²) >= 11 is 7.77. The number of benzene rings is 1. The monoisotopic (exact) mass is 325 g/mol. The maximum absolute atomic E-state index is 12.0. The molecule has 1 aromatic carbocycles. The van der Waals surface area contributed by atoms with Gasteiger partial charge in [-0.25, -0.2) is 9.78 Å². The van der Waals surface area contributed by atoms with Crippen molar-refractivity contribution in [1.82, 2.24) is 4.98 Å². The van der Waals surface area contributed by atoms with Gasteiger partial charge in [-0.2, -0.15) is 0 Å². The van der Waals surface area contributed by atoms with Crippen LogP contribution in [0.1, 0.15) is 27.2 Å². The molecule has 2 rings (SSSR count). The van der Waals surface area contributed by atoms with E-state index in [0.717, 1.165) is 9.88 Å². The number of nitrogens with one attached hydrogen (secondary N) is 1. The first-order chi connectivity index (χ1) is 10.0. The Kier molecular flexibility index (Phi) is 5.03. The summed E-state index contributed by atoms with van der Waals surface area (Å²) in [6.45, 7) is 4.51. The zero-order valence-electron chi connectivity index (χ0n) is 11.8. The Bertz CT molecular complexity index is 658. The summed E-state index contributed by atoms with van der Waals surface area (Å²) in [5, 5.41) is 4.53. The highest BCUT2D eigenvalue weighted by Gasteiger charge is 2.17. The first-order valence-electron chi connectivity index (χ1n) is 6.42. The molecule has 1 heterocycles. The van der Waals surface area contributed by atoms with E-state index in [1.54, 1.807) is 36.6 Å². The molecule has 0 atom stereocenters. The first-order valence-corrected chi connectivity index (χ1v) is 7.62. The number of thiazole rings is 1. The summed E-state index contributed by atoms with van der Waals surface area (Å²) in [7, 11) is 0. The lowest BCUT2D eigenvalue weighted by atomic mass is 10.1. The number of carbonyl (C=O) groups is 1. The van der Waals surface area contributed by atoms with Gasteiger partial charge in [0.2, 0.25) is 0 Å². The summed E-state index contributed by atoms with van der Waals surface area (Å²) in [6, 6.07) is 3.16. The number of ether oxygens (including phenoxy) is 1. The molecule has 0 aliphatic heterocycles. The molecule has 7 heteroatoms. The van der Waals surface area contributed by atoms with Gasteiger partial charge in [-0.3, -0.25) is 0 Å². The molecule has 2 aromatic rings. The molecule has 0 unspecified atom stereocenters. The Morgan fingerprint density at radius 1 is 1.52 bits per heavy atom. The summed E-state index contributed by atoms with van der Waals surface area (Å²) in [5.41, 5.74) is 7.02. The van der Waals surface area contributed by atoms with Crippen LogP contribution in [0.2, 0.25) is 5.02 Å². The van der Waals surface area contributed by atoms with Gasteiger partial charge in [0.05, 0.1) is 34.4 Å². The van der Waals surface area contributed by atoms with Gasteiger partial charge in [-0.1, -0.05) is 11.6 Å². The van der Waals surface area contributed by atoms with Gasteiger partial charge in [0.15, 0.2) is 0 Å². The molecule has 5 nitrogen and oxygen atoms in total. The van der Waals surface area contributed by atoms with Crippen molar-refractivity contribution in [2.24, 2.45) is 0 Å². The van der Waals surface area contributed by atoms with Crippen LogP contribution in [0.4, 0.5) is 11.4 Å². The van der Waals surface area contributed by atoms with Gasteiger partial charge in [-0.05, 0) is 26.0 Å². The minimum atomic E-state index is -0.449. The van der Waals surface area contributed by atoms with Gasteiger partial charge in [0.1, 0.15) is 0 Å². The zero-order valence-corrected chi connectivity index (χ0v) is 13.3. The summed E-state index contributed by atoms with van der Waals surface area (Å²) < 4.78 is 5.03. The summed E-state index contributed by atoms with van der Waals surface area (Å²) in [4.78, 5) is 17.2. The molecule has 3 N–H and O–H groups in total. The van der Waals surface area contributed by atoms with E-state index >= 15 is 0 Å². The lowest BCUT2D eigenvalue weighted by Crippen LogP contribution is -2.11. The number of rotatable bonds is 5. The van der Waals surface area contributed by atoms with Crippen LogP contribution in [-0.2, 0) is 11.3 Å². The van der Waals surface area contributed by atoms with Crippen LogP contribution in [0.5, 0.6) is 0 Å². The smallest absolute Gasteiger partial charge is 0.340 e. The fourth-order valence-corrected chi connectivity index (χ4v) is 2.87. The number of aromatic nitrogens is 1. The van der Waals surface area contributed by atoms with Crippen LogP contribution in [0.25, 0.3) is 0 Å². The average Bonchev–Trinajstić information content (AvgIpc) is 2.83. The molecule has 0 bridgehead atoms. The van der Waals surface area contributed by atoms with Crippen molar-refractivity contribution in [3.8, 4) is 0 Å². The molecule has 112 valence electrons. The number of nitrogens with two attached hydrogens (primary N) is 1. The van der Waals surface area contributed by atoms with Crippen molar-refractivity contribution in [1.29, 1.82) is 0 Å². The minimum Gasteiger partial charge on any atom is -0.462 e.